The lowest BCUT2D eigenvalue weighted by molar-refractivity contribution is 0.102. The highest BCUT2D eigenvalue weighted by Gasteiger charge is 2.39. The number of rotatable bonds is 5. The number of hydrogen-bond acceptors (Lipinski definition) is 6. The number of aryl methyl sites for hydroxylation is 3. The van der Waals surface area contributed by atoms with Gasteiger partial charge in [-0.3, -0.25) is 4.79 Å². The number of aromatic nitrogens is 2. The summed E-state index contributed by atoms with van der Waals surface area (Å²) in [7, 11) is -3.79. The molecule has 4 rings (SSSR count). The van der Waals surface area contributed by atoms with Crippen molar-refractivity contribution in [2.45, 2.75) is 44.6 Å². The Hall–Kier alpha value is -2.76. The van der Waals surface area contributed by atoms with Crippen LogP contribution in [-0.4, -0.2) is 35.4 Å². The summed E-state index contributed by atoms with van der Waals surface area (Å²) in [5, 5.41) is 10.6. The summed E-state index contributed by atoms with van der Waals surface area (Å²) in [6, 6.07) is 5.80. The number of benzene rings is 2. The summed E-state index contributed by atoms with van der Waals surface area (Å²) in [5.41, 5.74) is 2.38. The highest BCUT2D eigenvalue weighted by Crippen LogP contribution is 2.38. The molecule has 174 valence electrons. The average Bonchev–Trinajstić information content (AvgIpc) is 3.42. The quantitative estimate of drug-likeness (QED) is 0.565. The molecule has 11 heteroatoms. The molecule has 7 nitrogen and oxygen atoms in total. The fourth-order valence-corrected chi connectivity index (χ4v) is 6.75. The van der Waals surface area contributed by atoms with Gasteiger partial charge in [0.15, 0.2) is 0 Å². The molecule has 1 aromatic heterocycles. The van der Waals surface area contributed by atoms with Crippen LogP contribution in [0.1, 0.15) is 50.4 Å². The summed E-state index contributed by atoms with van der Waals surface area (Å²) >= 11 is 0.954. The van der Waals surface area contributed by atoms with E-state index in [0.717, 1.165) is 34.6 Å². The van der Waals surface area contributed by atoms with Gasteiger partial charge >= 0.3 is 0 Å². The Balaban J connectivity index is 1.58. The molecule has 0 saturated carbocycles. The van der Waals surface area contributed by atoms with E-state index >= 15 is 0 Å². The zero-order valence-corrected chi connectivity index (χ0v) is 19.9. The fraction of sp³-hybridized carbons (Fsp3) is 0.318. The van der Waals surface area contributed by atoms with Crippen molar-refractivity contribution in [3.05, 3.63) is 68.7 Å². The lowest BCUT2D eigenvalue weighted by Crippen LogP contribution is -2.31. The third kappa shape index (κ3) is 4.53. The number of carbonyl (C=O) groups excluding carboxylic acids is 1. The lowest BCUT2D eigenvalue weighted by Gasteiger charge is -2.23. The van der Waals surface area contributed by atoms with E-state index < -0.39 is 33.6 Å². The van der Waals surface area contributed by atoms with Crippen LogP contribution in [0.25, 0.3) is 0 Å². The number of amides is 1. The van der Waals surface area contributed by atoms with Crippen LogP contribution in [0.15, 0.2) is 35.2 Å². The maximum atomic E-state index is 13.8. The van der Waals surface area contributed by atoms with E-state index in [-0.39, 0.29) is 15.6 Å². The number of anilines is 1. The molecule has 0 bridgehead atoms. The first-order valence-electron chi connectivity index (χ1n) is 10.3. The molecule has 0 spiro atoms. The van der Waals surface area contributed by atoms with Crippen molar-refractivity contribution in [3.8, 4) is 0 Å². The van der Waals surface area contributed by atoms with E-state index in [1.165, 1.54) is 4.31 Å². The van der Waals surface area contributed by atoms with Crippen LogP contribution in [0, 0.1) is 32.4 Å². The van der Waals surface area contributed by atoms with Crippen LogP contribution in [0.5, 0.6) is 0 Å². The Bertz CT molecular complexity index is 1340. The summed E-state index contributed by atoms with van der Waals surface area (Å²) in [4.78, 5) is 12.8. The third-order valence-corrected chi connectivity index (χ3v) is 8.75. The maximum absolute atomic E-state index is 13.8. The van der Waals surface area contributed by atoms with Crippen LogP contribution in [-0.2, 0) is 10.0 Å². The number of hydrogen-bond donors (Lipinski definition) is 1. The van der Waals surface area contributed by atoms with Crippen molar-refractivity contribution in [2.75, 3.05) is 11.9 Å². The minimum Gasteiger partial charge on any atom is -0.317 e. The molecule has 0 radical (unpaired) electrons. The standard InChI is InChI=1S/C22H22F2N4O3S2/c1-12-9-14(3)19(10-13(12)2)33(30,31)28-8-4-5-18(28)21-26-27-22(32-21)20(29)25-17-7-6-15(23)11-16(17)24/h6-7,9-11,18H,4-5,8H2,1-3H3,(H,25,29)/t18-/m1/s1. The summed E-state index contributed by atoms with van der Waals surface area (Å²) < 4.78 is 55.3. The molecule has 1 saturated heterocycles. The molecule has 1 fully saturated rings. The van der Waals surface area contributed by atoms with E-state index in [9.17, 15) is 22.0 Å². The monoisotopic (exact) mass is 492 g/mol. The molecular formula is C22H22F2N4O3S2. The van der Waals surface area contributed by atoms with E-state index in [1.807, 2.05) is 19.9 Å². The summed E-state index contributed by atoms with van der Waals surface area (Å²) in [5.74, 6) is -2.38. The van der Waals surface area contributed by atoms with Crippen molar-refractivity contribution in [2.24, 2.45) is 0 Å². The molecule has 33 heavy (non-hydrogen) atoms. The molecule has 2 heterocycles. The topological polar surface area (TPSA) is 92.3 Å². The van der Waals surface area contributed by atoms with Crippen LogP contribution < -0.4 is 5.32 Å². The lowest BCUT2D eigenvalue weighted by atomic mass is 10.1. The van der Waals surface area contributed by atoms with Gasteiger partial charge < -0.3 is 5.32 Å². The average molecular weight is 493 g/mol. The first-order chi connectivity index (χ1) is 15.6. The molecule has 1 aliphatic rings. The molecule has 1 amide bonds. The maximum Gasteiger partial charge on any atom is 0.286 e. The predicted molar refractivity (Wildman–Crippen MR) is 121 cm³/mol. The molecular weight excluding hydrogens is 470 g/mol. The highest BCUT2D eigenvalue weighted by atomic mass is 32.2. The van der Waals surface area contributed by atoms with Crippen LogP contribution in [0.4, 0.5) is 14.5 Å². The van der Waals surface area contributed by atoms with Crippen molar-refractivity contribution in [1.29, 1.82) is 0 Å². The van der Waals surface area contributed by atoms with Gasteiger partial charge in [-0.15, -0.1) is 10.2 Å². The molecule has 0 aliphatic carbocycles. The number of nitrogens with zero attached hydrogens (tertiary/aromatic N) is 3. The fourth-order valence-electron chi connectivity index (χ4n) is 3.84. The highest BCUT2D eigenvalue weighted by molar-refractivity contribution is 7.89. The van der Waals surface area contributed by atoms with E-state index in [0.29, 0.717) is 36.0 Å². The van der Waals surface area contributed by atoms with Crippen molar-refractivity contribution in [3.63, 3.8) is 0 Å². The Kier molecular flexibility index (Phi) is 6.30. The number of carbonyl (C=O) groups is 1. The Morgan fingerprint density at radius 3 is 2.55 bits per heavy atom. The second-order valence-corrected chi connectivity index (χ2v) is 10.9. The van der Waals surface area contributed by atoms with E-state index in [4.69, 9.17) is 0 Å². The van der Waals surface area contributed by atoms with Gasteiger partial charge in [0, 0.05) is 12.6 Å². The Morgan fingerprint density at radius 2 is 1.82 bits per heavy atom. The van der Waals surface area contributed by atoms with Crippen LogP contribution in [0.2, 0.25) is 0 Å². The van der Waals surface area contributed by atoms with Crippen molar-refractivity contribution < 1.29 is 22.0 Å². The normalized spacial score (nSPS) is 16.8. The molecule has 0 unspecified atom stereocenters. The molecule has 3 aromatic rings. The number of halogens is 2. The first-order valence-corrected chi connectivity index (χ1v) is 12.5. The third-order valence-electron chi connectivity index (χ3n) is 5.68. The summed E-state index contributed by atoms with van der Waals surface area (Å²) in [6.45, 7) is 5.91. The number of sulfonamides is 1. The van der Waals surface area contributed by atoms with Crippen molar-refractivity contribution >= 4 is 33.0 Å². The molecule has 1 aliphatic heterocycles. The molecule has 2 aromatic carbocycles. The van der Waals surface area contributed by atoms with Gasteiger partial charge in [-0.2, -0.15) is 4.31 Å². The van der Waals surface area contributed by atoms with Crippen molar-refractivity contribution in [1.82, 2.24) is 14.5 Å². The van der Waals surface area contributed by atoms with Gasteiger partial charge in [-0.05, 0) is 68.5 Å². The smallest absolute Gasteiger partial charge is 0.286 e. The second kappa shape index (κ2) is 8.88. The van der Waals surface area contributed by atoms with Gasteiger partial charge in [0.1, 0.15) is 16.6 Å². The van der Waals surface area contributed by atoms with Gasteiger partial charge in [-0.25, -0.2) is 17.2 Å². The Labute approximate surface area is 194 Å². The van der Waals surface area contributed by atoms with Crippen LogP contribution in [0.3, 0.4) is 0 Å². The summed E-state index contributed by atoms with van der Waals surface area (Å²) in [6.07, 6.45) is 1.20. The van der Waals surface area contributed by atoms with Gasteiger partial charge in [0.25, 0.3) is 5.91 Å². The minimum absolute atomic E-state index is 0.0414. The Morgan fingerprint density at radius 1 is 1.09 bits per heavy atom. The first kappa shape index (κ1) is 23.4. The predicted octanol–water partition coefficient (Wildman–Crippen LogP) is 4.52. The second-order valence-electron chi connectivity index (χ2n) is 8.00. The number of nitrogens with one attached hydrogen (secondary N) is 1. The minimum atomic E-state index is -3.79. The largest absolute Gasteiger partial charge is 0.317 e. The van der Waals surface area contributed by atoms with Gasteiger partial charge in [-0.1, -0.05) is 17.4 Å². The zero-order chi connectivity index (χ0) is 23.9. The van der Waals surface area contributed by atoms with Gasteiger partial charge in [0.2, 0.25) is 15.0 Å². The SMILES string of the molecule is Cc1cc(C)c(S(=O)(=O)N2CCC[C@@H]2c2nnc(C(=O)Nc3ccc(F)cc3F)s2)cc1C. The molecule has 1 N–H and O–H groups in total. The zero-order valence-electron chi connectivity index (χ0n) is 18.2. The molecule has 1 atom stereocenters. The van der Waals surface area contributed by atoms with Gasteiger partial charge in [0.05, 0.1) is 16.6 Å². The van der Waals surface area contributed by atoms with Crippen LogP contribution >= 0.6 is 11.3 Å². The van der Waals surface area contributed by atoms with E-state index in [2.05, 4.69) is 15.5 Å². The van der Waals surface area contributed by atoms with E-state index in [1.54, 1.807) is 13.0 Å².